The molecule has 1 saturated heterocycles. The van der Waals surface area contributed by atoms with E-state index in [2.05, 4.69) is 0 Å². The first-order chi connectivity index (χ1) is 10.1. The normalized spacial score (nSPS) is 21.8. The number of anilines is 1. The molecule has 1 atom stereocenters. The van der Waals surface area contributed by atoms with Crippen molar-refractivity contribution in [3.8, 4) is 0 Å². The van der Waals surface area contributed by atoms with Crippen molar-refractivity contribution >= 4 is 34.6 Å². The zero-order valence-electron chi connectivity index (χ0n) is 11.2. The molecule has 1 N–H and O–H groups in total. The van der Waals surface area contributed by atoms with Crippen molar-refractivity contribution in [2.75, 3.05) is 18.0 Å². The molecule has 1 aromatic rings. The zero-order valence-corrected chi connectivity index (χ0v) is 12.8. The molecule has 0 radical (unpaired) electrons. The van der Waals surface area contributed by atoms with Crippen molar-refractivity contribution in [3.05, 3.63) is 28.8 Å². The maximum absolute atomic E-state index is 12.1. The molecule has 0 bridgehead atoms. The van der Waals surface area contributed by atoms with E-state index in [1.807, 2.05) is 6.07 Å². The molecule has 0 spiro atoms. The highest BCUT2D eigenvalue weighted by Crippen LogP contribution is 2.33. The number of hydrogen-bond donors (Lipinski definition) is 1. The first-order valence-electron chi connectivity index (χ1n) is 6.66. The Bertz CT molecular complexity index is 590. The second-order valence-electron chi connectivity index (χ2n) is 5.09. The number of ether oxygens (including phenoxy) is 1. The van der Waals surface area contributed by atoms with Crippen LogP contribution in [0.5, 0.6) is 0 Å². The van der Waals surface area contributed by atoms with Crippen molar-refractivity contribution < 1.29 is 18.3 Å². The monoisotopic (exact) mass is 330 g/mol. The number of nitrogens with zero attached hydrogens (tertiary/aromatic N) is 2. The molecule has 0 saturated carbocycles. The number of benzene rings is 1. The largest absolute Gasteiger partial charge is 0.444 e. The minimum Gasteiger partial charge on any atom is -0.444 e. The second-order valence-corrected chi connectivity index (χ2v) is 6.50. The Morgan fingerprint density at radius 1 is 1.33 bits per heavy atom. The lowest BCUT2D eigenvalue weighted by Gasteiger charge is -2.39. The summed E-state index contributed by atoms with van der Waals surface area (Å²) in [6.45, 7) is 1.17. The third-order valence-electron chi connectivity index (χ3n) is 3.86. The molecule has 0 aromatic heterocycles. The van der Waals surface area contributed by atoms with Crippen LogP contribution in [0.1, 0.15) is 18.4 Å². The lowest BCUT2D eigenvalue weighted by Crippen LogP contribution is -2.49. The third kappa shape index (κ3) is 2.91. The molecule has 2 aliphatic rings. The molecule has 1 aromatic carbocycles. The third-order valence-corrected chi connectivity index (χ3v) is 4.90. The first-order valence-corrected chi connectivity index (χ1v) is 8.11. The highest BCUT2D eigenvalue weighted by atomic mass is 35.5. The predicted molar refractivity (Wildman–Crippen MR) is 79.5 cm³/mol. The maximum atomic E-state index is 12.1. The van der Waals surface area contributed by atoms with Crippen LogP contribution in [-0.2, 0) is 22.6 Å². The number of rotatable bonds is 2. The van der Waals surface area contributed by atoms with E-state index in [-0.39, 0.29) is 18.7 Å². The van der Waals surface area contributed by atoms with Gasteiger partial charge in [-0.2, -0.15) is 0 Å². The first kappa shape index (κ1) is 14.8. The van der Waals surface area contributed by atoms with Gasteiger partial charge in [-0.3, -0.25) is 9.45 Å². The van der Waals surface area contributed by atoms with Gasteiger partial charge in [0.05, 0.1) is 5.69 Å². The number of amides is 1. The van der Waals surface area contributed by atoms with Gasteiger partial charge in [0.15, 0.2) is 0 Å². The lowest BCUT2D eigenvalue weighted by atomic mass is 10.0. The van der Waals surface area contributed by atoms with E-state index < -0.39 is 11.3 Å². The summed E-state index contributed by atoms with van der Waals surface area (Å²) < 4.78 is 26.8. The summed E-state index contributed by atoms with van der Waals surface area (Å²) in [5, 5.41) is 0.608. The number of carbonyl (C=O) groups excluding carboxylic acids is 1. The predicted octanol–water partition coefficient (Wildman–Crippen LogP) is 2.40. The van der Waals surface area contributed by atoms with E-state index in [0.29, 0.717) is 31.0 Å². The average Bonchev–Trinajstić information content (AvgIpc) is 2.47. The zero-order chi connectivity index (χ0) is 15.0. The molecule has 3 rings (SSSR count). The van der Waals surface area contributed by atoms with E-state index in [0.717, 1.165) is 11.3 Å². The summed E-state index contributed by atoms with van der Waals surface area (Å²) in [7, 11) is 0. The number of fused-ring (bicyclic) bond motifs is 1. The van der Waals surface area contributed by atoms with Crippen molar-refractivity contribution in [3.63, 3.8) is 0 Å². The smallest absolute Gasteiger partial charge is 0.414 e. The molecule has 21 heavy (non-hydrogen) atoms. The van der Waals surface area contributed by atoms with Crippen LogP contribution in [0.2, 0.25) is 5.02 Å². The van der Waals surface area contributed by atoms with Crippen molar-refractivity contribution in [1.82, 2.24) is 4.31 Å². The van der Waals surface area contributed by atoms with Gasteiger partial charge in [0.2, 0.25) is 11.3 Å². The summed E-state index contributed by atoms with van der Waals surface area (Å²) in [6.07, 6.45) is 0.890. The molecular weight excluding hydrogens is 316 g/mol. The van der Waals surface area contributed by atoms with Crippen LogP contribution in [0, 0.1) is 0 Å². The molecular formula is C13H15ClN2O4S. The maximum Gasteiger partial charge on any atom is 0.414 e. The van der Waals surface area contributed by atoms with Gasteiger partial charge in [-0.05, 0) is 31.0 Å². The number of cyclic esters (lactones) is 1. The van der Waals surface area contributed by atoms with Crippen LogP contribution < -0.4 is 4.90 Å². The summed E-state index contributed by atoms with van der Waals surface area (Å²) in [6, 6.07) is 5.35. The van der Waals surface area contributed by atoms with E-state index in [1.54, 1.807) is 17.0 Å². The fourth-order valence-electron chi connectivity index (χ4n) is 2.81. The molecule has 6 nitrogen and oxygen atoms in total. The van der Waals surface area contributed by atoms with Gasteiger partial charge in [-0.25, -0.2) is 13.3 Å². The lowest BCUT2D eigenvalue weighted by molar-refractivity contribution is 0.135. The molecule has 8 heteroatoms. The van der Waals surface area contributed by atoms with E-state index in [9.17, 15) is 9.00 Å². The van der Waals surface area contributed by atoms with Crippen LogP contribution in [-0.4, -0.2) is 38.3 Å². The van der Waals surface area contributed by atoms with Gasteiger partial charge < -0.3 is 4.74 Å². The number of carbonyl (C=O) groups is 1. The Morgan fingerprint density at radius 3 is 2.71 bits per heavy atom. The molecule has 1 unspecified atom stereocenters. The fourth-order valence-corrected chi connectivity index (χ4v) is 3.53. The van der Waals surface area contributed by atoms with Gasteiger partial charge in [0, 0.05) is 29.7 Å². The van der Waals surface area contributed by atoms with Crippen molar-refractivity contribution in [2.24, 2.45) is 0 Å². The standard InChI is InChI=1S/C13H15ClN2O4S/c14-10-1-2-12-9(7-10)8-20-13(17)16(12)11-3-5-15(6-4-11)21(18)19/h1-2,7,11H,3-6,8H2,(H,18,19). The molecule has 2 heterocycles. The average molecular weight is 331 g/mol. The van der Waals surface area contributed by atoms with E-state index >= 15 is 0 Å². The molecule has 1 amide bonds. The van der Waals surface area contributed by atoms with Crippen molar-refractivity contribution in [1.29, 1.82) is 0 Å². The summed E-state index contributed by atoms with van der Waals surface area (Å²) >= 11 is 4.03. The quantitative estimate of drug-likeness (QED) is 0.845. The number of piperidine rings is 1. The highest BCUT2D eigenvalue weighted by Gasteiger charge is 2.35. The molecule has 2 aliphatic heterocycles. The highest BCUT2D eigenvalue weighted by molar-refractivity contribution is 7.76. The minimum atomic E-state index is -1.95. The van der Waals surface area contributed by atoms with E-state index in [1.165, 1.54) is 4.31 Å². The van der Waals surface area contributed by atoms with Gasteiger partial charge in [-0.15, -0.1) is 0 Å². The van der Waals surface area contributed by atoms with Crippen molar-refractivity contribution in [2.45, 2.75) is 25.5 Å². The summed E-state index contributed by atoms with van der Waals surface area (Å²) in [5.74, 6) is 0. The second kappa shape index (κ2) is 5.92. The summed E-state index contributed by atoms with van der Waals surface area (Å²) in [5.41, 5.74) is 1.70. The molecule has 114 valence electrons. The number of hydrogen-bond acceptors (Lipinski definition) is 3. The van der Waals surface area contributed by atoms with Gasteiger partial charge in [0.1, 0.15) is 6.61 Å². The van der Waals surface area contributed by atoms with Crippen LogP contribution >= 0.6 is 11.6 Å². The SMILES string of the molecule is O=C1OCc2cc(Cl)ccc2N1C1CCN(S(=O)O)CC1. The van der Waals surface area contributed by atoms with E-state index in [4.69, 9.17) is 20.9 Å². The Hall–Kier alpha value is -1.15. The van der Waals surface area contributed by atoms with Crippen LogP contribution in [0.4, 0.5) is 10.5 Å². The Morgan fingerprint density at radius 2 is 2.05 bits per heavy atom. The fraction of sp³-hybridized carbons (Fsp3) is 0.462. The van der Waals surface area contributed by atoms with Gasteiger partial charge in [0.25, 0.3) is 0 Å². The van der Waals surface area contributed by atoms with Crippen LogP contribution in [0.15, 0.2) is 18.2 Å². The van der Waals surface area contributed by atoms with Crippen LogP contribution in [0.3, 0.4) is 0 Å². The minimum absolute atomic E-state index is 0.0301. The molecule has 1 fully saturated rings. The Labute approximate surface area is 130 Å². The number of halogens is 1. The van der Waals surface area contributed by atoms with Gasteiger partial charge in [-0.1, -0.05) is 11.6 Å². The Kier molecular flexibility index (Phi) is 4.17. The van der Waals surface area contributed by atoms with Crippen LogP contribution in [0.25, 0.3) is 0 Å². The molecule has 0 aliphatic carbocycles. The van der Waals surface area contributed by atoms with Gasteiger partial charge >= 0.3 is 6.09 Å². The summed E-state index contributed by atoms with van der Waals surface area (Å²) in [4.78, 5) is 13.7. The Balaban J connectivity index is 1.83. The topological polar surface area (TPSA) is 70.1 Å².